The van der Waals surface area contributed by atoms with Crippen molar-refractivity contribution in [1.82, 2.24) is 0 Å². The molecule has 294 valence electrons. The second kappa shape index (κ2) is 35.8. The van der Waals surface area contributed by atoms with Crippen LogP contribution in [0.1, 0.15) is 174 Å². The molecule has 0 aromatic heterocycles. The monoisotopic (exact) mass is 732 g/mol. The SMILES string of the molecule is CCCC/C=C\C/C=C\CCCCCCCC(=O)OC(CO)COP(=O)(O)OCC(CO)OC(=O)CCCCCCCCCCCCCCC. The van der Waals surface area contributed by atoms with Gasteiger partial charge in [-0.2, -0.15) is 0 Å². The van der Waals surface area contributed by atoms with Crippen LogP contribution in [0.25, 0.3) is 0 Å². The average Bonchev–Trinajstić information content (AvgIpc) is 3.10. The molecule has 0 bridgehead atoms. The van der Waals surface area contributed by atoms with Crippen LogP contribution in [-0.4, -0.2) is 65.7 Å². The predicted octanol–water partition coefficient (Wildman–Crippen LogP) is 9.83. The highest BCUT2D eigenvalue weighted by molar-refractivity contribution is 7.47. The highest BCUT2D eigenvalue weighted by Gasteiger charge is 2.27. The summed E-state index contributed by atoms with van der Waals surface area (Å²) < 4.78 is 32.4. The van der Waals surface area contributed by atoms with E-state index in [1.807, 2.05) is 0 Å². The molecule has 0 rings (SSSR count). The maximum absolute atomic E-state index is 12.3. The number of allylic oxidation sites excluding steroid dienone is 4. The van der Waals surface area contributed by atoms with Gasteiger partial charge >= 0.3 is 19.8 Å². The number of hydrogen-bond acceptors (Lipinski definition) is 9. The van der Waals surface area contributed by atoms with Crippen LogP contribution in [0.3, 0.4) is 0 Å². The van der Waals surface area contributed by atoms with Crippen LogP contribution < -0.4 is 0 Å². The summed E-state index contributed by atoms with van der Waals surface area (Å²) >= 11 is 0. The zero-order chi connectivity index (χ0) is 37.0. The Hall–Kier alpha value is -1.55. The number of aliphatic hydroxyl groups excluding tert-OH is 2. The lowest BCUT2D eigenvalue weighted by Crippen LogP contribution is -2.28. The maximum atomic E-state index is 12.3. The van der Waals surface area contributed by atoms with Crippen molar-refractivity contribution in [2.45, 2.75) is 187 Å². The summed E-state index contributed by atoms with van der Waals surface area (Å²) in [6, 6.07) is 0. The summed E-state index contributed by atoms with van der Waals surface area (Å²) in [6.07, 6.45) is 32.9. The van der Waals surface area contributed by atoms with Crippen molar-refractivity contribution >= 4 is 19.8 Å². The molecule has 3 N–H and O–H groups in total. The van der Waals surface area contributed by atoms with Crippen molar-refractivity contribution < 1.29 is 47.8 Å². The molecule has 10 nitrogen and oxygen atoms in total. The Kier molecular flexibility index (Phi) is 34.7. The number of carbonyl (C=O) groups is 2. The van der Waals surface area contributed by atoms with Crippen molar-refractivity contribution in [1.29, 1.82) is 0 Å². The fourth-order valence-electron chi connectivity index (χ4n) is 5.31. The van der Waals surface area contributed by atoms with Crippen LogP contribution in [0, 0.1) is 0 Å². The highest BCUT2D eigenvalue weighted by Crippen LogP contribution is 2.43. The van der Waals surface area contributed by atoms with Gasteiger partial charge in [0.15, 0.2) is 0 Å². The zero-order valence-corrected chi connectivity index (χ0v) is 32.5. The van der Waals surface area contributed by atoms with Gasteiger partial charge in [0.25, 0.3) is 0 Å². The van der Waals surface area contributed by atoms with Gasteiger partial charge in [0.05, 0.1) is 26.4 Å². The minimum Gasteiger partial charge on any atom is -0.457 e. The molecule has 0 fully saturated rings. The first-order valence-corrected chi connectivity index (χ1v) is 21.3. The Morgan fingerprint density at radius 2 is 0.900 bits per heavy atom. The third-order valence-corrected chi connectivity index (χ3v) is 9.37. The molecule has 0 heterocycles. The van der Waals surface area contributed by atoms with E-state index in [1.54, 1.807) is 0 Å². The Bertz CT molecular complexity index is 894. The van der Waals surface area contributed by atoms with Gasteiger partial charge in [0, 0.05) is 12.8 Å². The molecule has 0 radical (unpaired) electrons. The zero-order valence-electron chi connectivity index (χ0n) is 31.6. The van der Waals surface area contributed by atoms with Crippen molar-refractivity contribution in [2.24, 2.45) is 0 Å². The van der Waals surface area contributed by atoms with Crippen molar-refractivity contribution in [3.05, 3.63) is 24.3 Å². The number of esters is 2. The summed E-state index contributed by atoms with van der Waals surface area (Å²) in [5.74, 6) is -1.03. The topological polar surface area (TPSA) is 149 Å². The molecular formula is C39H73O10P. The molecule has 11 heteroatoms. The van der Waals surface area contributed by atoms with Gasteiger partial charge in [-0.25, -0.2) is 4.57 Å². The molecule has 0 aliphatic heterocycles. The number of phosphoric acid groups is 1. The van der Waals surface area contributed by atoms with E-state index in [0.717, 1.165) is 64.2 Å². The van der Waals surface area contributed by atoms with E-state index in [0.29, 0.717) is 12.8 Å². The van der Waals surface area contributed by atoms with Crippen LogP contribution in [0.15, 0.2) is 24.3 Å². The molecule has 0 amide bonds. The van der Waals surface area contributed by atoms with E-state index >= 15 is 0 Å². The third-order valence-electron chi connectivity index (χ3n) is 8.42. The molecule has 0 aromatic rings. The molecular weight excluding hydrogens is 659 g/mol. The standard InChI is InChI=1S/C39H73O10P/c1-3-5-7-9-11-13-15-17-19-21-23-25-27-29-31-39(43)49-37(33-41)35-47-50(44,45)46-34-36(32-40)48-38(42)30-28-26-24-22-20-18-16-14-12-10-8-6-4-2/h9,11,15,17,36-37,40-41H,3-8,10,12-14,16,18-35H2,1-2H3,(H,44,45)/b11-9-,17-15-. The van der Waals surface area contributed by atoms with Gasteiger partial charge in [-0.15, -0.1) is 0 Å². The first-order valence-electron chi connectivity index (χ1n) is 19.8. The van der Waals surface area contributed by atoms with E-state index < -0.39 is 58.4 Å². The normalized spacial score (nSPS) is 14.3. The van der Waals surface area contributed by atoms with Crippen molar-refractivity contribution in [3.63, 3.8) is 0 Å². The number of hydrogen-bond donors (Lipinski definition) is 3. The quantitative estimate of drug-likeness (QED) is 0.0244. The minimum absolute atomic E-state index is 0.177. The number of unbranched alkanes of at least 4 members (excludes halogenated alkanes) is 19. The van der Waals surface area contributed by atoms with Crippen LogP contribution in [0.2, 0.25) is 0 Å². The van der Waals surface area contributed by atoms with Gasteiger partial charge in [-0.3, -0.25) is 18.6 Å². The Balaban J connectivity index is 3.98. The molecule has 3 atom stereocenters. The van der Waals surface area contributed by atoms with Crippen LogP contribution in [-0.2, 0) is 32.7 Å². The number of rotatable bonds is 37. The van der Waals surface area contributed by atoms with Gasteiger partial charge in [-0.1, -0.05) is 147 Å². The molecule has 50 heavy (non-hydrogen) atoms. The molecule has 0 aromatic carbocycles. The summed E-state index contributed by atoms with van der Waals surface area (Å²) in [5.41, 5.74) is 0. The Labute approximate surface area is 304 Å². The fourth-order valence-corrected chi connectivity index (χ4v) is 6.09. The number of aliphatic hydroxyl groups is 2. The molecule has 0 aliphatic carbocycles. The molecule has 0 spiro atoms. The molecule has 3 unspecified atom stereocenters. The van der Waals surface area contributed by atoms with Crippen LogP contribution in [0.5, 0.6) is 0 Å². The maximum Gasteiger partial charge on any atom is 0.472 e. The van der Waals surface area contributed by atoms with Crippen molar-refractivity contribution in [3.8, 4) is 0 Å². The summed E-state index contributed by atoms with van der Waals surface area (Å²) in [4.78, 5) is 34.4. The lowest BCUT2D eigenvalue weighted by Gasteiger charge is -2.20. The van der Waals surface area contributed by atoms with Gasteiger partial charge in [-0.05, 0) is 38.5 Å². The largest absolute Gasteiger partial charge is 0.472 e. The Morgan fingerprint density at radius 1 is 0.540 bits per heavy atom. The lowest BCUT2D eigenvalue weighted by atomic mass is 10.0. The van der Waals surface area contributed by atoms with E-state index in [4.69, 9.17) is 18.5 Å². The number of ether oxygens (including phenoxy) is 2. The number of carbonyl (C=O) groups excluding carboxylic acids is 2. The summed E-state index contributed by atoms with van der Waals surface area (Å²) in [6.45, 7) is 2.14. The lowest BCUT2D eigenvalue weighted by molar-refractivity contribution is -0.153. The summed E-state index contributed by atoms with van der Waals surface area (Å²) in [5, 5.41) is 19.1. The van der Waals surface area contributed by atoms with Gasteiger partial charge < -0.3 is 24.6 Å². The first kappa shape index (κ1) is 48.5. The highest BCUT2D eigenvalue weighted by atomic mass is 31.2. The van der Waals surface area contributed by atoms with E-state index in [1.165, 1.54) is 70.6 Å². The minimum atomic E-state index is -4.63. The van der Waals surface area contributed by atoms with Crippen molar-refractivity contribution in [2.75, 3.05) is 26.4 Å². The average molecular weight is 733 g/mol. The van der Waals surface area contributed by atoms with Gasteiger partial charge in [0.2, 0.25) is 0 Å². The van der Waals surface area contributed by atoms with E-state index in [2.05, 4.69) is 38.2 Å². The van der Waals surface area contributed by atoms with Crippen LogP contribution in [0.4, 0.5) is 0 Å². The third kappa shape index (κ3) is 33.6. The van der Waals surface area contributed by atoms with E-state index in [9.17, 15) is 29.3 Å². The second-order valence-electron chi connectivity index (χ2n) is 13.3. The number of phosphoric ester groups is 1. The predicted molar refractivity (Wildman–Crippen MR) is 201 cm³/mol. The molecule has 0 saturated heterocycles. The van der Waals surface area contributed by atoms with E-state index in [-0.39, 0.29) is 12.8 Å². The smallest absolute Gasteiger partial charge is 0.457 e. The van der Waals surface area contributed by atoms with Crippen LogP contribution >= 0.6 is 7.82 Å². The van der Waals surface area contributed by atoms with Gasteiger partial charge in [0.1, 0.15) is 12.2 Å². The molecule has 0 saturated carbocycles. The molecule has 0 aliphatic rings. The fraction of sp³-hybridized carbons (Fsp3) is 0.846. The summed E-state index contributed by atoms with van der Waals surface area (Å²) in [7, 11) is -4.63. The first-order chi connectivity index (χ1) is 24.3. The second-order valence-corrected chi connectivity index (χ2v) is 14.7. The Morgan fingerprint density at radius 3 is 1.30 bits per heavy atom.